The normalized spacial score (nSPS) is 10.7. The van der Waals surface area contributed by atoms with Crippen LogP contribution < -0.4 is 11.0 Å². The lowest BCUT2D eigenvalue weighted by Gasteiger charge is -2.06. The zero-order chi connectivity index (χ0) is 19.4. The fourth-order valence-corrected chi connectivity index (χ4v) is 2.62. The molecule has 0 spiro atoms. The van der Waals surface area contributed by atoms with Crippen LogP contribution in [0.3, 0.4) is 0 Å². The first-order valence-electron chi connectivity index (χ1n) is 7.57. The van der Waals surface area contributed by atoms with Gasteiger partial charge in [-0.05, 0) is 28.1 Å². The van der Waals surface area contributed by atoms with E-state index in [1.165, 1.54) is 18.3 Å². The highest BCUT2D eigenvalue weighted by atomic mass is 79.9. The van der Waals surface area contributed by atoms with Crippen LogP contribution in [0.4, 0.5) is 10.3 Å². The average Bonchev–Trinajstić information content (AvgIpc) is 2.68. The van der Waals surface area contributed by atoms with Gasteiger partial charge in [-0.2, -0.15) is 10.4 Å². The number of nitrogens with one attached hydrogen (secondary N) is 2. The third-order valence-corrected chi connectivity index (χ3v) is 4.31. The summed E-state index contributed by atoms with van der Waals surface area (Å²) in [5.74, 6) is -0.912. The molecule has 3 N–H and O–H groups in total. The largest absolute Gasteiger partial charge is 0.506 e. The Morgan fingerprint density at radius 3 is 2.74 bits per heavy atom. The van der Waals surface area contributed by atoms with Gasteiger partial charge in [0.15, 0.2) is 0 Å². The topological polar surface area (TPSA) is 114 Å². The third kappa shape index (κ3) is 3.86. The lowest BCUT2D eigenvalue weighted by atomic mass is 10.1. The van der Waals surface area contributed by atoms with Crippen molar-refractivity contribution in [1.29, 1.82) is 5.26 Å². The first kappa shape index (κ1) is 18.3. The van der Waals surface area contributed by atoms with E-state index >= 15 is 0 Å². The molecule has 0 aliphatic heterocycles. The molecule has 1 heterocycles. The van der Waals surface area contributed by atoms with Crippen LogP contribution >= 0.6 is 15.9 Å². The number of halogens is 2. The number of hydrazone groups is 1. The van der Waals surface area contributed by atoms with Gasteiger partial charge >= 0.3 is 0 Å². The second-order valence-electron chi connectivity index (χ2n) is 5.29. The Kier molecular flexibility index (Phi) is 5.28. The van der Waals surface area contributed by atoms with Crippen molar-refractivity contribution in [3.63, 3.8) is 0 Å². The number of hydrogen-bond acceptors (Lipinski definition) is 6. The van der Waals surface area contributed by atoms with Gasteiger partial charge in [0, 0.05) is 11.1 Å². The molecule has 3 aromatic rings. The number of rotatable bonds is 4. The zero-order valence-corrected chi connectivity index (χ0v) is 15.2. The van der Waals surface area contributed by atoms with Gasteiger partial charge < -0.3 is 5.11 Å². The fraction of sp³-hybridized carbons (Fsp3) is 0. The molecule has 1 aromatic heterocycles. The highest BCUT2D eigenvalue weighted by Crippen LogP contribution is 2.29. The Hall–Kier alpha value is -3.51. The number of hydrogen-bond donors (Lipinski definition) is 3. The van der Waals surface area contributed by atoms with Crippen molar-refractivity contribution >= 4 is 28.1 Å². The number of nitriles is 1. The summed E-state index contributed by atoms with van der Waals surface area (Å²) in [4.78, 5) is 18.8. The van der Waals surface area contributed by atoms with Gasteiger partial charge in [-0.15, -0.1) is 0 Å². The summed E-state index contributed by atoms with van der Waals surface area (Å²) >= 11 is 2.93. The van der Waals surface area contributed by atoms with E-state index in [1.807, 2.05) is 6.07 Å². The smallest absolute Gasteiger partial charge is 0.270 e. The quantitative estimate of drug-likeness (QED) is 0.436. The Morgan fingerprint density at radius 2 is 2.04 bits per heavy atom. The molecule has 0 fully saturated rings. The second kappa shape index (κ2) is 7.80. The van der Waals surface area contributed by atoms with E-state index in [0.717, 1.165) is 0 Å². The summed E-state index contributed by atoms with van der Waals surface area (Å²) < 4.78 is 13.2. The van der Waals surface area contributed by atoms with Gasteiger partial charge in [0.2, 0.25) is 5.95 Å². The van der Waals surface area contributed by atoms with E-state index in [0.29, 0.717) is 5.56 Å². The standard InChI is InChI=1S/C18H11BrFN5O2/c19-14-13(20)7-6-11(16(14)26)9-22-25-18-23-15(10-4-2-1-3-5-10)12(8-21)17(27)24-18/h1-7,9,26H,(H2,23,24,25,27). The van der Waals surface area contributed by atoms with Gasteiger partial charge in [0.05, 0.1) is 16.4 Å². The highest BCUT2D eigenvalue weighted by molar-refractivity contribution is 9.10. The summed E-state index contributed by atoms with van der Waals surface area (Å²) in [6.45, 7) is 0. The zero-order valence-electron chi connectivity index (χ0n) is 13.6. The maximum absolute atomic E-state index is 13.3. The van der Waals surface area contributed by atoms with Crippen LogP contribution in [0.2, 0.25) is 0 Å². The second-order valence-corrected chi connectivity index (χ2v) is 6.08. The van der Waals surface area contributed by atoms with E-state index in [2.05, 4.69) is 36.4 Å². The van der Waals surface area contributed by atoms with Gasteiger partial charge in [0.1, 0.15) is 23.2 Å². The molecule has 9 heteroatoms. The number of H-pyrrole nitrogens is 1. The summed E-state index contributed by atoms with van der Waals surface area (Å²) in [5.41, 5.74) is 2.86. The summed E-state index contributed by atoms with van der Waals surface area (Å²) in [7, 11) is 0. The Labute approximate surface area is 161 Å². The predicted octanol–water partition coefficient (Wildman–Crippen LogP) is 3.36. The molecule has 0 aliphatic carbocycles. The molecule has 3 rings (SSSR count). The van der Waals surface area contributed by atoms with E-state index in [1.54, 1.807) is 30.3 Å². The molecule has 0 atom stereocenters. The van der Waals surface area contributed by atoms with Gasteiger partial charge in [-0.25, -0.2) is 14.8 Å². The monoisotopic (exact) mass is 427 g/mol. The van der Waals surface area contributed by atoms with Gasteiger partial charge in [-0.1, -0.05) is 30.3 Å². The molecule has 134 valence electrons. The van der Waals surface area contributed by atoms with Crippen LogP contribution in [0.15, 0.2) is 56.8 Å². The Morgan fingerprint density at radius 1 is 1.30 bits per heavy atom. The van der Waals surface area contributed by atoms with E-state index < -0.39 is 11.4 Å². The number of benzene rings is 2. The molecule has 27 heavy (non-hydrogen) atoms. The molecule has 0 aliphatic rings. The van der Waals surface area contributed by atoms with E-state index in [4.69, 9.17) is 0 Å². The van der Waals surface area contributed by atoms with Crippen molar-refractivity contribution in [2.24, 2.45) is 5.10 Å². The van der Waals surface area contributed by atoms with Crippen LogP contribution in [0.1, 0.15) is 11.1 Å². The molecular weight excluding hydrogens is 417 g/mol. The molecule has 0 saturated carbocycles. The van der Waals surface area contributed by atoms with Gasteiger partial charge in [0.25, 0.3) is 5.56 Å². The molecule has 7 nitrogen and oxygen atoms in total. The molecule has 0 radical (unpaired) electrons. The number of phenolic OH excluding ortho intramolecular Hbond substituents is 1. The number of phenols is 1. The number of aromatic nitrogens is 2. The Bertz CT molecular complexity index is 1120. The summed E-state index contributed by atoms with van der Waals surface area (Å²) in [6.07, 6.45) is 1.24. The van der Waals surface area contributed by atoms with Crippen LogP contribution in [0.5, 0.6) is 5.75 Å². The minimum atomic E-state index is -0.614. The lowest BCUT2D eigenvalue weighted by molar-refractivity contribution is 0.463. The van der Waals surface area contributed by atoms with E-state index in [9.17, 15) is 19.6 Å². The minimum absolute atomic E-state index is 0.00905. The number of aromatic amines is 1. The van der Waals surface area contributed by atoms with Crippen molar-refractivity contribution in [3.05, 3.63) is 74.2 Å². The van der Waals surface area contributed by atoms with Crippen molar-refractivity contribution in [2.75, 3.05) is 5.43 Å². The maximum Gasteiger partial charge on any atom is 0.270 e. The average molecular weight is 428 g/mol. The fourth-order valence-electron chi connectivity index (χ4n) is 2.26. The van der Waals surface area contributed by atoms with Crippen molar-refractivity contribution in [2.45, 2.75) is 0 Å². The SMILES string of the molecule is N#Cc1c(-c2ccccc2)nc(NN=Cc2ccc(F)c(Br)c2O)[nH]c1=O. The Balaban J connectivity index is 1.93. The van der Waals surface area contributed by atoms with Crippen molar-refractivity contribution in [3.8, 4) is 23.1 Å². The molecule has 0 unspecified atom stereocenters. The van der Waals surface area contributed by atoms with E-state index in [-0.39, 0.29) is 33.0 Å². The first-order chi connectivity index (χ1) is 13.0. The minimum Gasteiger partial charge on any atom is -0.506 e. The molecular formula is C18H11BrFN5O2. The maximum atomic E-state index is 13.3. The number of anilines is 1. The highest BCUT2D eigenvalue weighted by Gasteiger charge is 2.13. The number of aromatic hydroxyl groups is 1. The van der Waals surface area contributed by atoms with Crippen LogP contribution in [-0.4, -0.2) is 21.3 Å². The van der Waals surface area contributed by atoms with Gasteiger partial charge in [-0.3, -0.25) is 9.78 Å². The van der Waals surface area contributed by atoms with Crippen LogP contribution in [-0.2, 0) is 0 Å². The molecule has 0 saturated heterocycles. The molecule has 2 aromatic carbocycles. The molecule has 0 bridgehead atoms. The molecule has 0 amide bonds. The summed E-state index contributed by atoms with van der Waals surface area (Å²) in [6, 6.07) is 13.1. The van der Waals surface area contributed by atoms with Crippen molar-refractivity contribution < 1.29 is 9.50 Å². The first-order valence-corrected chi connectivity index (χ1v) is 8.36. The summed E-state index contributed by atoms with van der Waals surface area (Å²) in [5, 5.41) is 23.0. The number of nitrogens with zero attached hydrogens (tertiary/aromatic N) is 3. The van der Waals surface area contributed by atoms with Crippen molar-refractivity contribution in [1.82, 2.24) is 9.97 Å². The van der Waals surface area contributed by atoms with Crippen LogP contribution in [0.25, 0.3) is 11.3 Å². The van der Waals surface area contributed by atoms with Crippen LogP contribution in [0, 0.1) is 17.1 Å². The third-order valence-electron chi connectivity index (χ3n) is 3.55. The lowest BCUT2D eigenvalue weighted by Crippen LogP contribution is -2.16. The predicted molar refractivity (Wildman–Crippen MR) is 102 cm³/mol.